The number of hydrogen-bond donors (Lipinski definition) is 1. The van der Waals surface area contributed by atoms with Gasteiger partial charge in [-0.05, 0) is 36.5 Å². The summed E-state index contributed by atoms with van der Waals surface area (Å²) in [5, 5.41) is 4.16. The standard InChI is InChI=1S/C11H16N2OS/c1-9-5-10(14)13(12-6-9)7-11(8-15)3-2-4-11/h5-6,15H,2-4,7-8H2,1H3. The molecular formula is C11H16N2OS. The minimum atomic E-state index is 0.00283. The molecule has 0 aromatic carbocycles. The summed E-state index contributed by atoms with van der Waals surface area (Å²) >= 11 is 4.37. The highest BCUT2D eigenvalue weighted by molar-refractivity contribution is 7.80. The minimum absolute atomic E-state index is 0.00283. The third-order valence-electron chi connectivity index (χ3n) is 3.24. The fourth-order valence-corrected chi connectivity index (χ4v) is 2.42. The van der Waals surface area contributed by atoms with Crippen molar-refractivity contribution in [3.8, 4) is 0 Å². The Labute approximate surface area is 94.9 Å². The zero-order valence-corrected chi connectivity index (χ0v) is 9.83. The monoisotopic (exact) mass is 224 g/mol. The Hall–Kier alpha value is -0.770. The first-order chi connectivity index (χ1) is 7.15. The van der Waals surface area contributed by atoms with E-state index in [1.165, 1.54) is 19.3 Å². The van der Waals surface area contributed by atoms with E-state index in [0.29, 0.717) is 0 Å². The lowest BCUT2D eigenvalue weighted by molar-refractivity contribution is 0.130. The van der Waals surface area contributed by atoms with E-state index in [-0.39, 0.29) is 11.0 Å². The second-order valence-electron chi connectivity index (χ2n) is 4.54. The van der Waals surface area contributed by atoms with Crippen LogP contribution in [0.15, 0.2) is 17.1 Å². The lowest BCUT2D eigenvalue weighted by Gasteiger charge is -2.40. The SMILES string of the molecule is Cc1cnn(CC2(CS)CCC2)c(=O)c1. The summed E-state index contributed by atoms with van der Waals surface area (Å²) in [5.74, 6) is 0.842. The first-order valence-corrected chi connectivity index (χ1v) is 5.93. The summed E-state index contributed by atoms with van der Waals surface area (Å²) in [5.41, 5.74) is 1.14. The summed E-state index contributed by atoms with van der Waals surface area (Å²) in [6.45, 7) is 2.60. The first kappa shape index (κ1) is 10.7. The van der Waals surface area contributed by atoms with Gasteiger partial charge in [-0.3, -0.25) is 4.79 Å². The molecule has 1 saturated carbocycles. The van der Waals surface area contributed by atoms with Gasteiger partial charge in [0.15, 0.2) is 0 Å². The van der Waals surface area contributed by atoms with Crippen molar-refractivity contribution in [2.45, 2.75) is 32.7 Å². The summed E-state index contributed by atoms with van der Waals surface area (Å²) in [6, 6.07) is 1.64. The third kappa shape index (κ3) is 2.09. The highest BCUT2D eigenvalue weighted by Gasteiger charge is 2.36. The molecule has 82 valence electrons. The van der Waals surface area contributed by atoms with Gasteiger partial charge in [0, 0.05) is 6.07 Å². The Balaban J connectivity index is 2.20. The molecule has 15 heavy (non-hydrogen) atoms. The van der Waals surface area contributed by atoms with Gasteiger partial charge in [-0.2, -0.15) is 17.7 Å². The zero-order valence-electron chi connectivity index (χ0n) is 8.94. The van der Waals surface area contributed by atoms with Crippen LogP contribution in [0.4, 0.5) is 0 Å². The molecule has 0 unspecified atom stereocenters. The molecule has 1 heterocycles. The topological polar surface area (TPSA) is 34.9 Å². The van der Waals surface area contributed by atoms with Gasteiger partial charge in [0.2, 0.25) is 0 Å². The highest BCUT2D eigenvalue weighted by Crippen LogP contribution is 2.42. The van der Waals surface area contributed by atoms with Crippen LogP contribution in [0.25, 0.3) is 0 Å². The smallest absolute Gasteiger partial charge is 0.267 e. The van der Waals surface area contributed by atoms with Crippen molar-refractivity contribution in [1.29, 1.82) is 0 Å². The fourth-order valence-electron chi connectivity index (χ4n) is 2.00. The molecule has 0 N–H and O–H groups in total. The Morgan fingerprint density at radius 2 is 2.33 bits per heavy atom. The van der Waals surface area contributed by atoms with Crippen LogP contribution in [0.2, 0.25) is 0 Å². The van der Waals surface area contributed by atoms with Gasteiger partial charge in [-0.25, -0.2) is 4.68 Å². The summed E-state index contributed by atoms with van der Waals surface area (Å²) < 4.78 is 1.57. The van der Waals surface area contributed by atoms with E-state index in [1.807, 2.05) is 6.92 Å². The molecule has 0 bridgehead atoms. The lowest BCUT2D eigenvalue weighted by atomic mass is 9.70. The molecule has 0 amide bonds. The van der Waals surface area contributed by atoms with Crippen molar-refractivity contribution in [2.24, 2.45) is 5.41 Å². The van der Waals surface area contributed by atoms with Crippen molar-refractivity contribution in [3.05, 3.63) is 28.2 Å². The normalized spacial score (nSPS) is 18.5. The van der Waals surface area contributed by atoms with Crippen molar-refractivity contribution < 1.29 is 0 Å². The van der Waals surface area contributed by atoms with E-state index < -0.39 is 0 Å². The molecule has 1 aliphatic rings. The van der Waals surface area contributed by atoms with Crippen LogP contribution in [0.1, 0.15) is 24.8 Å². The van der Waals surface area contributed by atoms with Crippen molar-refractivity contribution >= 4 is 12.6 Å². The number of aromatic nitrogens is 2. The van der Waals surface area contributed by atoms with Gasteiger partial charge >= 0.3 is 0 Å². The van der Waals surface area contributed by atoms with E-state index in [1.54, 1.807) is 16.9 Å². The average molecular weight is 224 g/mol. The van der Waals surface area contributed by atoms with Crippen LogP contribution >= 0.6 is 12.6 Å². The maximum atomic E-state index is 11.6. The Bertz CT molecular complexity index is 404. The van der Waals surface area contributed by atoms with Gasteiger partial charge in [0.25, 0.3) is 5.56 Å². The first-order valence-electron chi connectivity index (χ1n) is 5.30. The second kappa shape index (κ2) is 4.00. The van der Waals surface area contributed by atoms with Crippen molar-refractivity contribution in [2.75, 3.05) is 5.75 Å². The van der Waals surface area contributed by atoms with Gasteiger partial charge in [-0.1, -0.05) is 6.42 Å². The van der Waals surface area contributed by atoms with Crippen molar-refractivity contribution in [1.82, 2.24) is 9.78 Å². The summed E-state index contributed by atoms with van der Waals surface area (Å²) in [7, 11) is 0. The lowest BCUT2D eigenvalue weighted by Crippen LogP contribution is -2.39. The molecule has 3 nitrogen and oxygen atoms in total. The summed E-state index contributed by atoms with van der Waals surface area (Å²) in [4.78, 5) is 11.6. The molecule has 2 rings (SSSR count). The van der Waals surface area contributed by atoms with Crippen LogP contribution in [0.5, 0.6) is 0 Å². The van der Waals surface area contributed by atoms with E-state index in [4.69, 9.17) is 0 Å². The van der Waals surface area contributed by atoms with Crippen LogP contribution in [-0.2, 0) is 6.54 Å². The second-order valence-corrected chi connectivity index (χ2v) is 4.86. The molecule has 1 aromatic rings. The number of aryl methyl sites for hydroxylation is 1. The van der Waals surface area contributed by atoms with E-state index in [9.17, 15) is 4.79 Å². The van der Waals surface area contributed by atoms with Crippen LogP contribution in [0.3, 0.4) is 0 Å². The molecule has 0 spiro atoms. The highest BCUT2D eigenvalue weighted by atomic mass is 32.1. The van der Waals surface area contributed by atoms with Crippen LogP contribution in [0, 0.1) is 12.3 Å². The Kier molecular flexibility index (Phi) is 2.87. The van der Waals surface area contributed by atoms with Gasteiger partial charge in [-0.15, -0.1) is 0 Å². The van der Waals surface area contributed by atoms with E-state index >= 15 is 0 Å². The van der Waals surface area contributed by atoms with Crippen LogP contribution in [-0.4, -0.2) is 15.5 Å². The molecule has 0 saturated heterocycles. The van der Waals surface area contributed by atoms with Gasteiger partial charge in [0.1, 0.15) is 0 Å². The fraction of sp³-hybridized carbons (Fsp3) is 0.636. The zero-order chi connectivity index (χ0) is 10.9. The quantitative estimate of drug-likeness (QED) is 0.792. The number of thiol groups is 1. The van der Waals surface area contributed by atoms with E-state index in [2.05, 4.69) is 17.7 Å². The molecule has 0 atom stereocenters. The maximum Gasteiger partial charge on any atom is 0.267 e. The largest absolute Gasteiger partial charge is 0.268 e. The van der Waals surface area contributed by atoms with Crippen molar-refractivity contribution in [3.63, 3.8) is 0 Å². The molecular weight excluding hydrogens is 208 g/mol. The predicted molar refractivity (Wildman–Crippen MR) is 63.4 cm³/mol. The van der Waals surface area contributed by atoms with E-state index in [0.717, 1.165) is 17.9 Å². The number of hydrogen-bond acceptors (Lipinski definition) is 3. The average Bonchev–Trinajstić information content (AvgIpc) is 2.14. The Morgan fingerprint density at radius 3 is 2.80 bits per heavy atom. The molecule has 0 aliphatic heterocycles. The molecule has 0 radical (unpaired) electrons. The third-order valence-corrected chi connectivity index (χ3v) is 3.91. The van der Waals surface area contributed by atoms with Gasteiger partial charge in [0.05, 0.1) is 12.7 Å². The molecule has 1 fully saturated rings. The molecule has 1 aromatic heterocycles. The maximum absolute atomic E-state index is 11.6. The van der Waals surface area contributed by atoms with Gasteiger partial charge < -0.3 is 0 Å². The number of nitrogens with zero attached hydrogens (tertiary/aromatic N) is 2. The summed E-state index contributed by atoms with van der Waals surface area (Å²) in [6.07, 6.45) is 5.32. The molecule has 1 aliphatic carbocycles. The molecule has 4 heteroatoms. The number of rotatable bonds is 3. The Morgan fingerprint density at radius 1 is 1.60 bits per heavy atom. The predicted octanol–water partition coefficient (Wildman–Crippen LogP) is 1.65. The minimum Gasteiger partial charge on any atom is -0.268 e. The van der Waals surface area contributed by atoms with Crippen LogP contribution < -0.4 is 5.56 Å².